The molecule has 0 saturated heterocycles. The fourth-order valence-electron chi connectivity index (χ4n) is 0.796. The molecule has 0 radical (unpaired) electrons. The number of tetrazole rings is 1. The molecule has 2 heterocycles. The molecule has 0 fully saturated rings. The Hall–Kier alpha value is -2.45. The molecule has 0 unspecified atom stereocenters. The van der Waals surface area contributed by atoms with Gasteiger partial charge in [-0.2, -0.15) is 0 Å². The Morgan fingerprint density at radius 1 is 1.43 bits per heavy atom. The van der Waals surface area contributed by atoms with Crippen LogP contribution in [0.3, 0.4) is 0 Å². The minimum atomic E-state index is -0.476. The molecule has 2 aromatic heterocycles. The van der Waals surface area contributed by atoms with E-state index in [0.29, 0.717) is 5.82 Å². The summed E-state index contributed by atoms with van der Waals surface area (Å²) in [6, 6.07) is -0.476. The number of rotatable bonds is 2. The van der Waals surface area contributed by atoms with Crippen molar-refractivity contribution in [1.82, 2.24) is 30.6 Å². The second-order valence-electron chi connectivity index (χ2n) is 2.28. The number of carbonyl (C=O) groups is 1. The summed E-state index contributed by atoms with van der Waals surface area (Å²) >= 11 is 0. The first-order valence-corrected chi connectivity index (χ1v) is 3.65. The zero-order valence-electron chi connectivity index (χ0n) is 6.85. The van der Waals surface area contributed by atoms with E-state index in [-0.39, 0.29) is 5.95 Å². The average Bonchev–Trinajstić information content (AvgIpc) is 2.76. The molecule has 0 bridgehead atoms. The average molecular weight is 194 g/mol. The van der Waals surface area contributed by atoms with Crippen molar-refractivity contribution in [3.63, 3.8) is 0 Å². The van der Waals surface area contributed by atoms with Crippen LogP contribution in [0.5, 0.6) is 0 Å². The van der Waals surface area contributed by atoms with Gasteiger partial charge in [0.1, 0.15) is 0 Å². The van der Waals surface area contributed by atoms with Crippen molar-refractivity contribution in [3.05, 3.63) is 12.5 Å². The van der Waals surface area contributed by atoms with Crippen LogP contribution in [0.4, 0.5) is 16.6 Å². The van der Waals surface area contributed by atoms with Crippen LogP contribution in [-0.4, -0.2) is 36.6 Å². The van der Waals surface area contributed by atoms with Gasteiger partial charge in [-0.3, -0.25) is 10.6 Å². The van der Waals surface area contributed by atoms with E-state index in [4.69, 9.17) is 0 Å². The van der Waals surface area contributed by atoms with Crippen LogP contribution in [0.2, 0.25) is 0 Å². The fourth-order valence-corrected chi connectivity index (χ4v) is 0.796. The van der Waals surface area contributed by atoms with Crippen LogP contribution >= 0.6 is 0 Å². The van der Waals surface area contributed by atoms with Gasteiger partial charge in [-0.25, -0.2) is 14.9 Å². The number of aromatic nitrogens is 6. The number of urea groups is 1. The summed E-state index contributed by atoms with van der Waals surface area (Å²) in [6.45, 7) is 0. The molecule has 0 spiro atoms. The summed E-state index contributed by atoms with van der Waals surface area (Å²) in [5.41, 5.74) is 0. The molecule has 0 saturated carbocycles. The molecule has 0 atom stereocenters. The highest BCUT2D eigenvalue weighted by molar-refractivity contribution is 5.97. The highest BCUT2D eigenvalue weighted by Gasteiger charge is 2.04. The van der Waals surface area contributed by atoms with Gasteiger partial charge in [0.2, 0.25) is 5.95 Å². The number of amides is 2. The van der Waals surface area contributed by atoms with E-state index in [1.54, 1.807) is 0 Å². The minimum absolute atomic E-state index is 0.165. The molecule has 0 aliphatic carbocycles. The number of nitrogens with one attached hydrogen (secondary N) is 4. The number of hydrogen-bond acceptors (Lipinski definition) is 5. The first kappa shape index (κ1) is 8.16. The predicted octanol–water partition coefficient (Wildman–Crippen LogP) is -0.433. The van der Waals surface area contributed by atoms with Crippen molar-refractivity contribution >= 4 is 17.8 Å². The van der Waals surface area contributed by atoms with Crippen LogP contribution < -0.4 is 10.6 Å². The van der Waals surface area contributed by atoms with E-state index in [9.17, 15) is 4.79 Å². The van der Waals surface area contributed by atoms with E-state index in [0.717, 1.165) is 0 Å². The maximum atomic E-state index is 11.2. The number of nitrogens with zero attached hydrogens (tertiary/aromatic N) is 4. The lowest BCUT2D eigenvalue weighted by molar-refractivity contribution is 0.262. The lowest BCUT2D eigenvalue weighted by Gasteiger charge is -1.99. The van der Waals surface area contributed by atoms with Gasteiger partial charge in [-0.05, 0) is 10.4 Å². The van der Waals surface area contributed by atoms with Crippen LogP contribution in [0, 0.1) is 0 Å². The van der Waals surface area contributed by atoms with E-state index in [1.807, 2.05) is 0 Å². The molecule has 9 nitrogen and oxygen atoms in total. The Bertz CT molecular complexity index is 353. The molecule has 0 aromatic carbocycles. The van der Waals surface area contributed by atoms with Crippen LogP contribution in [0.25, 0.3) is 0 Å². The first-order valence-electron chi connectivity index (χ1n) is 3.65. The van der Waals surface area contributed by atoms with Gasteiger partial charge < -0.3 is 4.98 Å². The number of carbonyl (C=O) groups excluding carboxylic acids is 1. The molecule has 2 amide bonds. The van der Waals surface area contributed by atoms with Crippen molar-refractivity contribution in [1.29, 1.82) is 0 Å². The fraction of sp³-hybridized carbons (Fsp3) is 0. The third-order valence-corrected chi connectivity index (χ3v) is 1.32. The smallest absolute Gasteiger partial charge is 0.327 e. The third-order valence-electron chi connectivity index (χ3n) is 1.32. The normalized spacial score (nSPS) is 9.71. The second kappa shape index (κ2) is 3.51. The lowest BCUT2D eigenvalue weighted by atomic mass is 10.7. The molecule has 14 heavy (non-hydrogen) atoms. The van der Waals surface area contributed by atoms with Gasteiger partial charge in [0.15, 0.2) is 5.82 Å². The van der Waals surface area contributed by atoms with E-state index >= 15 is 0 Å². The van der Waals surface area contributed by atoms with Crippen molar-refractivity contribution in [3.8, 4) is 0 Å². The predicted molar refractivity (Wildman–Crippen MR) is 45.4 cm³/mol. The van der Waals surface area contributed by atoms with E-state index in [2.05, 4.69) is 41.2 Å². The Morgan fingerprint density at radius 2 is 2.36 bits per heavy atom. The molecular formula is C5H6N8O. The number of aromatic amines is 2. The van der Waals surface area contributed by atoms with Gasteiger partial charge in [0.25, 0.3) is 0 Å². The topological polar surface area (TPSA) is 124 Å². The SMILES string of the molecule is O=C(Nc1c[nH]cn1)Nc1nnn[nH]1. The van der Waals surface area contributed by atoms with Gasteiger partial charge in [-0.1, -0.05) is 5.10 Å². The quantitative estimate of drug-likeness (QED) is 0.516. The summed E-state index contributed by atoms with van der Waals surface area (Å²) in [5, 5.41) is 17.2. The van der Waals surface area contributed by atoms with Crippen LogP contribution in [0.1, 0.15) is 0 Å². The number of hydrogen-bond donors (Lipinski definition) is 4. The maximum absolute atomic E-state index is 11.2. The Labute approximate surface area is 77.3 Å². The van der Waals surface area contributed by atoms with Crippen LogP contribution in [0.15, 0.2) is 12.5 Å². The van der Waals surface area contributed by atoms with Gasteiger partial charge in [0, 0.05) is 6.20 Å². The number of anilines is 2. The lowest BCUT2D eigenvalue weighted by Crippen LogP contribution is -2.20. The summed E-state index contributed by atoms with van der Waals surface area (Å²) in [4.78, 5) is 17.7. The maximum Gasteiger partial charge on any atom is 0.327 e. The zero-order chi connectivity index (χ0) is 9.80. The Kier molecular flexibility index (Phi) is 2.05. The molecule has 0 aliphatic heterocycles. The summed E-state index contributed by atoms with van der Waals surface area (Å²) < 4.78 is 0. The standard InChI is InChI=1S/C5H6N8O/c14-5(8-3-1-6-2-7-3)9-4-10-12-13-11-4/h1-2H,(H,6,7)(H3,8,9,10,11,12,13,14). The largest absolute Gasteiger partial charge is 0.349 e. The van der Waals surface area contributed by atoms with E-state index in [1.165, 1.54) is 12.5 Å². The molecule has 72 valence electrons. The first-order chi connectivity index (χ1) is 6.84. The number of H-pyrrole nitrogens is 2. The van der Waals surface area contributed by atoms with E-state index < -0.39 is 6.03 Å². The zero-order valence-corrected chi connectivity index (χ0v) is 6.85. The second-order valence-corrected chi connectivity index (χ2v) is 2.28. The van der Waals surface area contributed by atoms with Gasteiger partial charge in [-0.15, -0.1) is 0 Å². The molecule has 2 rings (SSSR count). The molecule has 4 N–H and O–H groups in total. The summed E-state index contributed by atoms with van der Waals surface area (Å²) in [7, 11) is 0. The molecule has 9 heteroatoms. The Morgan fingerprint density at radius 3 is 3.00 bits per heavy atom. The summed E-state index contributed by atoms with van der Waals surface area (Å²) in [5.74, 6) is 0.577. The highest BCUT2D eigenvalue weighted by Crippen LogP contribution is 1.99. The van der Waals surface area contributed by atoms with Crippen molar-refractivity contribution in [2.24, 2.45) is 0 Å². The van der Waals surface area contributed by atoms with Crippen molar-refractivity contribution < 1.29 is 4.79 Å². The van der Waals surface area contributed by atoms with Gasteiger partial charge >= 0.3 is 6.03 Å². The molecular weight excluding hydrogens is 188 g/mol. The highest BCUT2D eigenvalue weighted by atomic mass is 16.2. The minimum Gasteiger partial charge on any atom is -0.349 e. The van der Waals surface area contributed by atoms with Crippen LogP contribution in [-0.2, 0) is 0 Å². The third kappa shape index (κ3) is 1.83. The van der Waals surface area contributed by atoms with Gasteiger partial charge in [0.05, 0.1) is 6.33 Å². The molecule has 2 aromatic rings. The van der Waals surface area contributed by atoms with Crippen molar-refractivity contribution in [2.75, 3.05) is 10.6 Å². The number of imidazole rings is 1. The molecule has 0 aliphatic rings. The monoisotopic (exact) mass is 194 g/mol. The summed E-state index contributed by atoms with van der Waals surface area (Å²) in [6.07, 6.45) is 2.99. The Balaban J connectivity index is 1.91. The van der Waals surface area contributed by atoms with Crippen molar-refractivity contribution in [2.45, 2.75) is 0 Å².